The second kappa shape index (κ2) is 7.03. The van der Waals surface area contributed by atoms with Crippen LogP contribution >= 0.6 is 0 Å². The van der Waals surface area contributed by atoms with Gasteiger partial charge in [-0.05, 0) is 31.2 Å². The predicted octanol–water partition coefficient (Wildman–Crippen LogP) is 2.58. The molecule has 1 aromatic rings. The zero-order chi connectivity index (χ0) is 15.2. The highest BCUT2D eigenvalue weighted by Gasteiger charge is 2.31. The summed E-state index contributed by atoms with van der Waals surface area (Å²) in [6.45, 7) is 3.34. The minimum atomic E-state index is -1.21. The summed E-state index contributed by atoms with van der Waals surface area (Å²) in [6, 6.07) is 9.03. The number of nitriles is 1. The Bertz CT molecular complexity index is 551. The Kier molecular flexibility index (Phi) is 5.10. The molecule has 1 aromatic carbocycles. The first-order chi connectivity index (χ1) is 10.2. The van der Waals surface area contributed by atoms with Gasteiger partial charge < -0.3 is 4.90 Å². The van der Waals surface area contributed by atoms with Gasteiger partial charge in [0.1, 0.15) is 0 Å². The molecule has 0 aromatic heterocycles. The summed E-state index contributed by atoms with van der Waals surface area (Å²) in [5, 5.41) is 9.24. The molecule has 0 aliphatic carbocycles. The number of rotatable bonds is 4. The zero-order valence-corrected chi connectivity index (χ0v) is 12.3. The van der Waals surface area contributed by atoms with Crippen LogP contribution in [0.1, 0.15) is 42.1 Å². The van der Waals surface area contributed by atoms with E-state index in [0.717, 1.165) is 31.2 Å². The number of carbonyl (C=O) groups is 2. The fraction of sp³-hybridized carbons (Fsp3) is 0.471. The molecule has 4 nitrogen and oxygen atoms in total. The highest BCUT2D eigenvalue weighted by molar-refractivity contribution is 6.12. The Labute approximate surface area is 125 Å². The van der Waals surface area contributed by atoms with E-state index < -0.39 is 11.7 Å². The fourth-order valence-corrected chi connectivity index (χ4v) is 2.59. The van der Waals surface area contributed by atoms with Crippen LogP contribution in [-0.4, -0.2) is 29.7 Å². The first-order valence-corrected chi connectivity index (χ1v) is 7.49. The van der Waals surface area contributed by atoms with E-state index >= 15 is 0 Å². The largest absolute Gasteiger partial charge is 0.341 e. The second-order valence-corrected chi connectivity index (χ2v) is 5.36. The third-order valence-electron chi connectivity index (χ3n) is 3.95. The van der Waals surface area contributed by atoms with Gasteiger partial charge in [-0.3, -0.25) is 9.59 Å². The number of aryl methyl sites for hydroxylation is 1. The standard InChI is InChI=1S/C17H20N2O2/c1-2-13-6-8-14(9-7-13)16(20)15(12-18)17(21)19-10-4-3-5-11-19/h6-9,15H,2-5,10-11H2,1H3. The molecule has 1 aliphatic heterocycles. The molecule has 0 saturated carbocycles. The number of carbonyl (C=O) groups excluding carboxylic acids is 2. The minimum Gasteiger partial charge on any atom is -0.341 e. The van der Waals surface area contributed by atoms with Gasteiger partial charge in [-0.15, -0.1) is 0 Å². The van der Waals surface area contributed by atoms with E-state index in [1.807, 2.05) is 25.1 Å². The Morgan fingerprint density at radius 1 is 1.19 bits per heavy atom. The molecule has 0 N–H and O–H groups in total. The number of nitrogens with zero attached hydrogens (tertiary/aromatic N) is 2. The number of ketones is 1. The smallest absolute Gasteiger partial charge is 0.247 e. The van der Waals surface area contributed by atoms with Crippen LogP contribution in [0, 0.1) is 17.2 Å². The van der Waals surface area contributed by atoms with E-state index in [-0.39, 0.29) is 5.91 Å². The van der Waals surface area contributed by atoms with Crippen molar-refractivity contribution < 1.29 is 9.59 Å². The van der Waals surface area contributed by atoms with Gasteiger partial charge >= 0.3 is 0 Å². The summed E-state index contributed by atoms with van der Waals surface area (Å²) in [5.74, 6) is -1.95. The lowest BCUT2D eigenvalue weighted by atomic mass is 9.95. The number of benzene rings is 1. The highest BCUT2D eigenvalue weighted by Crippen LogP contribution is 2.16. The van der Waals surface area contributed by atoms with Gasteiger partial charge in [0.15, 0.2) is 11.7 Å². The van der Waals surface area contributed by atoms with Crippen LogP contribution in [0.2, 0.25) is 0 Å². The van der Waals surface area contributed by atoms with E-state index in [0.29, 0.717) is 18.7 Å². The van der Waals surface area contributed by atoms with Gasteiger partial charge in [0, 0.05) is 18.7 Å². The van der Waals surface area contributed by atoms with Crippen molar-refractivity contribution in [3.8, 4) is 6.07 Å². The van der Waals surface area contributed by atoms with Crippen molar-refractivity contribution in [2.45, 2.75) is 32.6 Å². The predicted molar refractivity (Wildman–Crippen MR) is 79.7 cm³/mol. The summed E-state index contributed by atoms with van der Waals surface area (Å²) in [6.07, 6.45) is 3.89. The molecule has 1 saturated heterocycles. The third-order valence-corrected chi connectivity index (χ3v) is 3.95. The van der Waals surface area contributed by atoms with Gasteiger partial charge in [0.25, 0.3) is 0 Å². The van der Waals surface area contributed by atoms with E-state index in [4.69, 9.17) is 0 Å². The monoisotopic (exact) mass is 284 g/mol. The summed E-state index contributed by atoms with van der Waals surface area (Å²) in [5.41, 5.74) is 1.56. The van der Waals surface area contributed by atoms with Crippen molar-refractivity contribution in [2.75, 3.05) is 13.1 Å². The molecule has 1 amide bonds. The SMILES string of the molecule is CCc1ccc(C(=O)C(C#N)C(=O)N2CCCCC2)cc1. The summed E-state index contributed by atoms with van der Waals surface area (Å²) < 4.78 is 0. The van der Waals surface area contributed by atoms with Gasteiger partial charge in [-0.25, -0.2) is 0 Å². The molecule has 0 bridgehead atoms. The van der Waals surface area contributed by atoms with Gasteiger partial charge in [-0.1, -0.05) is 31.2 Å². The first kappa shape index (κ1) is 15.2. The fourth-order valence-electron chi connectivity index (χ4n) is 2.59. The van der Waals surface area contributed by atoms with Gasteiger partial charge in [-0.2, -0.15) is 5.26 Å². The van der Waals surface area contributed by atoms with Crippen molar-refractivity contribution in [3.63, 3.8) is 0 Å². The molecule has 1 aliphatic rings. The maximum atomic E-state index is 12.4. The van der Waals surface area contributed by atoms with Crippen molar-refractivity contribution in [2.24, 2.45) is 5.92 Å². The van der Waals surface area contributed by atoms with Crippen molar-refractivity contribution >= 4 is 11.7 Å². The maximum Gasteiger partial charge on any atom is 0.247 e. The molecule has 0 radical (unpaired) electrons. The lowest BCUT2D eigenvalue weighted by Crippen LogP contribution is -2.41. The second-order valence-electron chi connectivity index (χ2n) is 5.36. The topological polar surface area (TPSA) is 61.2 Å². The molecule has 2 rings (SSSR count). The van der Waals surface area contributed by atoms with Crippen LogP contribution in [0.3, 0.4) is 0 Å². The van der Waals surface area contributed by atoms with Crippen molar-refractivity contribution in [1.82, 2.24) is 4.90 Å². The average Bonchev–Trinajstić information content (AvgIpc) is 2.56. The first-order valence-electron chi connectivity index (χ1n) is 7.49. The molecular formula is C17H20N2O2. The van der Waals surface area contributed by atoms with Crippen LogP contribution in [0.25, 0.3) is 0 Å². The summed E-state index contributed by atoms with van der Waals surface area (Å²) in [4.78, 5) is 26.4. The molecule has 1 fully saturated rings. The van der Waals surface area contributed by atoms with Crippen LogP contribution in [0.5, 0.6) is 0 Å². The zero-order valence-electron chi connectivity index (χ0n) is 12.3. The van der Waals surface area contributed by atoms with Crippen LogP contribution in [-0.2, 0) is 11.2 Å². The highest BCUT2D eigenvalue weighted by atomic mass is 16.2. The maximum absolute atomic E-state index is 12.4. The molecule has 1 atom stereocenters. The quantitative estimate of drug-likeness (QED) is 0.630. The van der Waals surface area contributed by atoms with Gasteiger partial charge in [0.2, 0.25) is 5.91 Å². The number of likely N-dealkylation sites (tertiary alicyclic amines) is 1. The lowest BCUT2D eigenvalue weighted by Gasteiger charge is -2.28. The molecule has 4 heteroatoms. The molecular weight excluding hydrogens is 264 g/mol. The average molecular weight is 284 g/mol. The van der Waals surface area contributed by atoms with E-state index in [1.165, 1.54) is 0 Å². The number of Topliss-reactive ketones (excluding diaryl/α,β-unsaturated/α-hetero) is 1. The summed E-state index contributed by atoms with van der Waals surface area (Å²) >= 11 is 0. The number of amides is 1. The van der Waals surface area contributed by atoms with E-state index in [1.54, 1.807) is 17.0 Å². The van der Waals surface area contributed by atoms with Crippen LogP contribution in [0.15, 0.2) is 24.3 Å². The Balaban J connectivity index is 2.13. The lowest BCUT2D eigenvalue weighted by molar-refractivity contribution is -0.133. The van der Waals surface area contributed by atoms with E-state index in [9.17, 15) is 14.9 Å². The normalized spacial score (nSPS) is 16.1. The number of hydrogen-bond donors (Lipinski definition) is 0. The Morgan fingerprint density at radius 3 is 2.33 bits per heavy atom. The Morgan fingerprint density at radius 2 is 1.81 bits per heavy atom. The molecule has 110 valence electrons. The molecule has 0 spiro atoms. The molecule has 1 heterocycles. The molecule has 21 heavy (non-hydrogen) atoms. The van der Waals surface area contributed by atoms with Gasteiger partial charge in [0.05, 0.1) is 6.07 Å². The van der Waals surface area contributed by atoms with Crippen LogP contribution in [0.4, 0.5) is 0 Å². The summed E-state index contributed by atoms with van der Waals surface area (Å²) in [7, 11) is 0. The third kappa shape index (κ3) is 3.49. The minimum absolute atomic E-state index is 0.346. The van der Waals surface area contributed by atoms with Crippen molar-refractivity contribution in [1.29, 1.82) is 5.26 Å². The number of piperidine rings is 1. The van der Waals surface area contributed by atoms with Crippen LogP contribution < -0.4 is 0 Å². The van der Waals surface area contributed by atoms with Crippen molar-refractivity contribution in [3.05, 3.63) is 35.4 Å². The Hall–Kier alpha value is -2.15. The van der Waals surface area contributed by atoms with E-state index in [2.05, 4.69) is 0 Å². The molecule has 1 unspecified atom stereocenters. The number of hydrogen-bond acceptors (Lipinski definition) is 3.